The molecular formula is C28H30N4O4. The number of amides is 1. The molecule has 8 nitrogen and oxygen atoms in total. The van der Waals surface area contributed by atoms with E-state index >= 15 is 0 Å². The zero-order valence-corrected chi connectivity index (χ0v) is 20.5. The van der Waals surface area contributed by atoms with Gasteiger partial charge in [0, 0.05) is 18.3 Å². The average molecular weight is 487 g/mol. The number of likely N-dealkylation sites (tertiary alicyclic amines) is 1. The van der Waals surface area contributed by atoms with Crippen LogP contribution in [-0.2, 0) is 0 Å². The molecule has 0 unspecified atom stereocenters. The van der Waals surface area contributed by atoms with Crippen LogP contribution in [0.15, 0.2) is 77.5 Å². The highest BCUT2D eigenvalue weighted by Gasteiger charge is 2.27. The Morgan fingerprint density at radius 2 is 1.81 bits per heavy atom. The number of ether oxygens (including phenoxy) is 2. The van der Waals surface area contributed by atoms with Crippen LogP contribution in [0, 0.1) is 0 Å². The Bertz CT molecular complexity index is 1290. The fourth-order valence-corrected chi connectivity index (χ4v) is 4.69. The number of para-hydroxylation sites is 1. The molecule has 0 radical (unpaired) electrons. The molecule has 1 aliphatic rings. The minimum atomic E-state index is -0.245. The van der Waals surface area contributed by atoms with Crippen molar-refractivity contribution >= 4 is 5.91 Å². The van der Waals surface area contributed by atoms with Gasteiger partial charge in [-0.1, -0.05) is 24.3 Å². The first kappa shape index (κ1) is 23.7. The summed E-state index contributed by atoms with van der Waals surface area (Å²) < 4.78 is 18.3. The number of hydrogen-bond donors (Lipinski definition) is 1. The Morgan fingerprint density at radius 3 is 2.50 bits per heavy atom. The standard InChI is InChI=1S/C28H30N4O4/c1-34-25-13-12-20(17-26(25)35-2)22-19-32(21-9-4-3-5-10-21)30-27(22)28(33)29-18-23(24-11-8-16-36-24)31-14-6-7-15-31/h3-5,8-13,16-17,19,23H,6-7,14-15,18H2,1-2H3,(H,29,33)/t23-/m1/s1. The Hall–Kier alpha value is -4.04. The predicted molar refractivity (Wildman–Crippen MR) is 137 cm³/mol. The van der Waals surface area contributed by atoms with E-state index in [1.54, 1.807) is 25.2 Å². The second-order valence-corrected chi connectivity index (χ2v) is 8.73. The molecule has 4 aromatic rings. The van der Waals surface area contributed by atoms with Gasteiger partial charge < -0.3 is 19.2 Å². The maximum absolute atomic E-state index is 13.6. The summed E-state index contributed by atoms with van der Waals surface area (Å²) in [6.07, 6.45) is 5.85. The monoisotopic (exact) mass is 486 g/mol. The summed E-state index contributed by atoms with van der Waals surface area (Å²) in [7, 11) is 3.19. The first-order valence-corrected chi connectivity index (χ1v) is 12.1. The van der Waals surface area contributed by atoms with E-state index < -0.39 is 0 Å². The van der Waals surface area contributed by atoms with Gasteiger partial charge in [0.25, 0.3) is 5.91 Å². The average Bonchev–Trinajstić information content (AvgIpc) is 3.71. The van der Waals surface area contributed by atoms with E-state index in [9.17, 15) is 4.79 Å². The van der Waals surface area contributed by atoms with Gasteiger partial charge in [-0.2, -0.15) is 5.10 Å². The van der Waals surface area contributed by atoms with Crippen molar-refractivity contribution in [3.05, 3.63) is 84.6 Å². The summed E-state index contributed by atoms with van der Waals surface area (Å²) in [5.41, 5.74) is 2.71. The van der Waals surface area contributed by atoms with Gasteiger partial charge in [0.2, 0.25) is 0 Å². The minimum absolute atomic E-state index is 0.0211. The van der Waals surface area contributed by atoms with Gasteiger partial charge in [0.15, 0.2) is 17.2 Å². The zero-order valence-electron chi connectivity index (χ0n) is 20.5. The molecule has 0 spiro atoms. The van der Waals surface area contributed by atoms with Crippen molar-refractivity contribution in [1.82, 2.24) is 20.0 Å². The molecule has 1 atom stereocenters. The van der Waals surface area contributed by atoms with Crippen molar-refractivity contribution in [2.75, 3.05) is 33.9 Å². The van der Waals surface area contributed by atoms with Crippen LogP contribution in [0.25, 0.3) is 16.8 Å². The molecule has 186 valence electrons. The number of rotatable bonds is 9. The van der Waals surface area contributed by atoms with Crippen LogP contribution in [0.3, 0.4) is 0 Å². The summed E-state index contributed by atoms with van der Waals surface area (Å²) >= 11 is 0. The molecular weight excluding hydrogens is 456 g/mol. The highest BCUT2D eigenvalue weighted by molar-refractivity contribution is 5.99. The molecule has 8 heteroatoms. The van der Waals surface area contributed by atoms with E-state index in [2.05, 4.69) is 15.3 Å². The lowest BCUT2D eigenvalue weighted by molar-refractivity contribution is 0.0929. The largest absolute Gasteiger partial charge is 0.493 e. The van der Waals surface area contributed by atoms with Crippen molar-refractivity contribution in [1.29, 1.82) is 0 Å². The molecule has 1 N–H and O–H groups in total. The molecule has 2 aromatic carbocycles. The van der Waals surface area contributed by atoms with Crippen molar-refractivity contribution in [3.8, 4) is 28.3 Å². The Balaban J connectivity index is 1.47. The minimum Gasteiger partial charge on any atom is -0.493 e. The normalized spacial score (nSPS) is 14.5. The zero-order chi connectivity index (χ0) is 24.9. The van der Waals surface area contributed by atoms with Gasteiger partial charge >= 0.3 is 0 Å². The number of carbonyl (C=O) groups is 1. The fraction of sp³-hybridized carbons (Fsp3) is 0.286. The van der Waals surface area contributed by atoms with Gasteiger partial charge in [-0.3, -0.25) is 9.69 Å². The lowest BCUT2D eigenvalue weighted by Gasteiger charge is -2.25. The molecule has 1 fully saturated rings. The third-order valence-electron chi connectivity index (χ3n) is 6.55. The smallest absolute Gasteiger partial charge is 0.272 e. The third kappa shape index (κ3) is 4.85. The van der Waals surface area contributed by atoms with Crippen molar-refractivity contribution in [2.45, 2.75) is 18.9 Å². The predicted octanol–water partition coefficient (Wildman–Crippen LogP) is 4.72. The first-order chi connectivity index (χ1) is 17.7. The highest BCUT2D eigenvalue weighted by Crippen LogP contribution is 2.34. The first-order valence-electron chi connectivity index (χ1n) is 12.1. The maximum atomic E-state index is 13.6. The molecule has 2 aromatic heterocycles. The van der Waals surface area contributed by atoms with Gasteiger partial charge in [-0.05, 0) is 67.9 Å². The SMILES string of the molecule is COc1ccc(-c2cn(-c3ccccc3)nc2C(=O)NC[C@H](c2ccco2)N2CCCC2)cc1OC. The number of furan rings is 1. The Kier molecular flexibility index (Phi) is 7.04. The van der Waals surface area contributed by atoms with Crippen molar-refractivity contribution in [2.24, 2.45) is 0 Å². The molecule has 0 aliphatic carbocycles. The van der Waals surface area contributed by atoms with E-state index in [1.807, 2.05) is 66.9 Å². The van der Waals surface area contributed by atoms with Gasteiger partial charge in [0.05, 0.1) is 32.2 Å². The van der Waals surface area contributed by atoms with E-state index in [-0.39, 0.29) is 11.9 Å². The topological polar surface area (TPSA) is 81.8 Å². The van der Waals surface area contributed by atoms with Crippen molar-refractivity contribution < 1.29 is 18.7 Å². The number of carbonyl (C=O) groups excluding carboxylic acids is 1. The van der Waals surface area contributed by atoms with E-state index in [4.69, 9.17) is 13.9 Å². The van der Waals surface area contributed by atoms with Crippen LogP contribution >= 0.6 is 0 Å². The van der Waals surface area contributed by atoms with E-state index in [0.29, 0.717) is 29.3 Å². The summed E-state index contributed by atoms with van der Waals surface area (Å²) in [5, 5.41) is 7.81. The van der Waals surface area contributed by atoms with Crippen LogP contribution in [0.2, 0.25) is 0 Å². The summed E-state index contributed by atoms with van der Waals surface area (Å²) in [5.74, 6) is 1.81. The molecule has 1 amide bonds. The number of nitrogens with zero attached hydrogens (tertiary/aromatic N) is 3. The lowest BCUT2D eigenvalue weighted by atomic mass is 10.1. The molecule has 5 rings (SSSR count). The molecule has 0 bridgehead atoms. The van der Waals surface area contributed by atoms with Crippen molar-refractivity contribution in [3.63, 3.8) is 0 Å². The lowest BCUT2D eigenvalue weighted by Crippen LogP contribution is -2.37. The molecule has 3 heterocycles. The van der Waals surface area contributed by atoms with Crippen LogP contribution in [0.4, 0.5) is 0 Å². The number of nitrogens with one attached hydrogen (secondary N) is 1. The molecule has 36 heavy (non-hydrogen) atoms. The summed E-state index contributed by atoms with van der Waals surface area (Å²) in [4.78, 5) is 15.9. The molecule has 1 aliphatic heterocycles. The number of benzene rings is 2. The summed E-state index contributed by atoms with van der Waals surface area (Å²) in [6.45, 7) is 2.40. The second kappa shape index (κ2) is 10.7. The Labute approximate surface area is 210 Å². The van der Waals surface area contributed by atoms with Gasteiger partial charge in [0.1, 0.15) is 5.76 Å². The number of methoxy groups -OCH3 is 2. The maximum Gasteiger partial charge on any atom is 0.272 e. The van der Waals surface area contributed by atoms with Crippen LogP contribution in [0.1, 0.15) is 35.1 Å². The highest BCUT2D eigenvalue weighted by atomic mass is 16.5. The van der Waals surface area contributed by atoms with Crippen LogP contribution in [-0.4, -0.2) is 54.4 Å². The Morgan fingerprint density at radius 1 is 1.03 bits per heavy atom. The second-order valence-electron chi connectivity index (χ2n) is 8.73. The number of hydrogen-bond acceptors (Lipinski definition) is 6. The number of aromatic nitrogens is 2. The molecule has 1 saturated heterocycles. The summed E-state index contributed by atoms with van der Waals surface area (Å²) in [6, 6.07) is 19.2. The molecule has 0 saturated carbocycles. The quantitative estimate of drug-likeness (QED) is 0.369. The van der Waals surface area contributed by atoms with E-state index in [0.717, 1.165) is 42.9 Å². The van der Waals surface area contributed by atoms with Crippen LogP contribution in [0.5, 0.6) is 11.5 Å². The fourth-order valence-electron chi connectivity index (χ4n) is 4.69. The van der Waals surface area contributed by atoms with Gasteiger partial charge in [-0.25, -0.2) is 4.68 Å². The third-order valence-corrected chi connectivity index (χ3v) is 6.55. The van der Waals surface area contributed by atoms with E-state index in [1.165, 1.54) is 0 Å². The van der Waals surface area contributed by atoms with Gasteiger partial charge in [-0.15, -0.1) is 0 Å². The van der Waals surface area contributed by atoms with Crippen LogP contribution < -0.4 is 14.8 Å².